The minimum absolute atomic E-state index is 0.682. The van der Waals surface area contributed by atoms with Crippen LogP contribution in [-0.2, 0) is 0 Å². The van der Waals surface area contributed by atoms with Gasteiger partial charge in [0.15, 0.2) is 0 Å². The van der Waals surface area contributed by atoms with Crippen molar-refractivity contribution in [3.8, 4) is 0 Å². The first kappa shape index (κ1) is 6.61. The summed E-state index contributed by atoms with van der Waals surface area (Å²) >= 11 is 4.29. The van der Waals surface area contributed by atoms with E-state index in [2.05, 4.69) is 17.6 Å². The van der Waals surface area contributed by atoms with E-state index in [9.17, 15) is 0 Å². The Balaban J connectivity index is 2.90. The molecule has 0 saturated heterocycles. The Bertz CT molecular complexity index is 392. The van der Waals surface area contributed by atoms with Crippen LogP contribution in [-0.4, -0.2) is 4.98 Å². The van der Waals surface area contributed by atoms with E-state index in [4.69, 9.17) is 5.73 Å². The van der Waals surface area contributed by atoms with Gasteiger partial charge in [-0.1, -0.05) is 6.07 Å². The van der Waals surface area contributed by atoms with Crippen LogP contribution in [0.3, 0.4) is 0 Å². The molecular formula is C8H8N2S. The minimum Gasteiger partial charge on any atom is -0.385 e. The van der Waals surface area contributed by atoms with E-state index in [1.54, 1.807) is 0 Å². The number of nitrogens with two attached hydrogens (primary N) is 1. The number of nitrogen functional groups attached to an aromatic ring is 1. The predicted octanol–water partition coefficient (Wildman–Crippen LogP) is 2.04. The van der Waals surface area contributed by atoms with Crippen LogP contribution >= 0.6 is 12.6 Å². The van der Waals surface area contributed by atoms with Gasteiger partial charge in [-0.3, -0.25) is 0 Å². The normalized spacial score (nSPS) is 10.6. The smallest absolute Gasteiger partial charge is 0.101 e. The Morgan fingerprint density at radius 1 is 1.36 bits per heavy atom. The molecule has 0 fully saturated rings. The average molecular weight is 164 g/mol. The Labute approximate surface area is 69.8 Å². The number of hydrogen-bond donors (Lipinski definition) is 3. The number of anilines is 1. The van der Waals surface area contributed by atoms with Gasteiger partial charge in [-0.25, -0.2) is 0 Å². The van der Waals surface area contributed by atoms with E-state index in [1.807, 2.05) is 24.3 Å². The molecule has 2 aromatic rings. The highest BCUT2D eigenvalue weighted by molar-refractivity contribution is 7.80. The van der Waals surface area contributed by atoms with Crippen molar-refractivity contribution in [3.63, 3.8) is 0 Å². The molecule has 0 radical (unpaired) electrons. The number of thiol groups is 1. The van der Waals surface area contributed by atoms with Crippen LogP contribution in [0.4, 0.5) is 5.82 Å². The van der Waals surface area contributed by atoms with Gasteiger partial charge in [0.1, 0.15) is 5.82 Å². The van der Waals surface area contributed by atoms with Crippen molar-refractivity contribution in [2.45, 2.75) is 4.90 Å². The van der Waals surface area contributed by atoms with Gasteiger partial charge < -0.3 is 10.7 Å². The SMILES string of the molecule is Nc1cc2c(S)cccc2[nH]1. The Hall–Kier alpha value is -1.09. The fraction of sp³-hybridized carbons (Fsp3) is 0. The second-order valence-electron chi connectivity index (χ2n) is 2.46. The molecule has 0 bridgehead atoms. The van der Waals surface area contributed by atoms with Crippen LogP contribution in [0.25, 0.3) is 10.9 Å². The summed E-state index contributed by atoms with van der Waals surface area (Å²) < 4.78 is 0. The summed E-state index contributed by atoms with van der Waals surface area (Å²) in [5.74, 6) is 0.682. The van der Waals surface area contributed by atoms with E-state index in [0.717, 1.165) is 15.8 Å². The molecule has 1 heterocycles. The van der Waals surface area contributed by atoms with Crippen molar-refractivity contribution in [1.82, 2.24) is 4.98 Å². The third-order valence-electron chi connectivity index (χ3n) is 1.66. The number of hydrogen-bond acceptors (Lipinski definition) is 2. The lowest BCUT2D eigenvalue weighted by molar-refractivity contribution is 1.47. The number of aromatic amines is 1. The van der Waals surface area contributed by atoms with Gasteiger partial charge >= 0.3 is 0 Å². The van der Waals surface area contributed by atoms with Gasteiger partial charge in [0.25, 0.3) is 0 Å². The molecule has 0 amide bonds. The largest absolute Gasteiger partial charge is 0.385 e. The molecule has 0 aliphatic rings. The van der Waals surface area contributed by atoms with Crippen molar-refractivity contribution < 1.29 is 0 Å². The van der Waals surface area contributed by atoms with E-state index in [1.165, 1.54) is 0 Å². The zero-order valence-corrected chi connectivity index (χ0v) is 6.73. The predicted molar refractivity (Wildman–Crippen MR) is 50.0 cm³/mol. The van der Waals surface area contributed by atoms with Crippen LogP contribution < -0.4 is 5.73 Å². The molecule has 1 aromatic heterocycles. The van der Waals surface area contributed by atoms with Crippen molar-refractivity contribution in [2.24, 2.45) is 0 Å². The summed E-state index contributed by atoms with van der Waals surface area (Å²) in [6.45, 7) is 0. The maximum Gasteiger partial charge on any atom is 0.101 e. The van der Waals surface area contributed by atoms with E-state index in [0.29, 0.717) is 5.82 Å². The molecule has 0 spiro atoms. The van der Waals surface area contributed by atoms with Crippen LogP contribution in [0.5, 0.6) is 0 Å². The van der Waals surface area contributed by atoms with Crippen LogP contribution in [0.1, 0.15) is 0 Å². The summed E-state index contributed by atoms with van der Waals surface area (Å²) in [6.07, 6.45) is 0. The van der Waals surface area contributed by atoms with Gasteiger partial charge in [-0.15, -0.1) is 12.6 Å². The molecule has 1 aromatic carbocycles. The molecule has 11 heavy (non-hydrogen) atoms. The first-order valence-corrected chi connectivity index (χ1v) is 3.78. The second kappa shape index (κ2) is 2.20. The monoisotopic (exact) mass is 164 g/mol. The molecule has 56 valence electrons. The van der Waals surface area contributed by atoms with Crippen molar-refractivity contribution in [1.29, 1.82) is 0 Å². The minimum atomic E-state index is 0.682. The standard InChI is InChI=1S/C8H8N2S/c9-8-4-5-6(10-8)2-1-3-7(5)11/h1-4,10-11H,9H2. The number of benzene rings is 1. The van der Waals surface area contributed by atoms with Gasteiger partial charge in [-0.05, 0) is 18.2 Å². The molecule has 3 N–H and O–H groups in total. The molecular weight excluding hydrogens is 156 g/mol. The van der Waals surface area contributed by atoms with Gasteiger partial charge in [0.05, 0.1) is 0 Å². The summed E-state index contributed by atoms with van der Waals surface area (Å²) in [5.41, 5.74) is 6.61. The lowest BCUT2D eigenvalue weighted by atomic mass is 10.2. The summed E-state index contributed by atoms with van der Waals surface area (Å²) in [6, 6.07) is 7.75. The fourth-order valence-electron chi connectivity index (χ4n) is 1.16. The van der Waals surface area contributed by atoms with Gasteiger partial charge in [-0.2, -0.15) is 0 Å². The zero-order valence-electron chi connectivity index (χ0n) is 5.83. The maximum absolute atomic E-state index is 5.57. The number of fused-ring (bicyclic) bond motifs is 1. The third kappa shape index (κ3) is 0.973. The van der Waals surface area contributed by atoms with E-state index < -0.39 is 0 Å². The Kier molecular flexibility index (Phi) is 1.32. The Morgan fingerprint density at radius 3 is 2.91 bits per heavy atom. The highest BCUT2D eigenvalue weighted by Gasteiger charge is 1.98. The summed E-state index contributed by atoms with van der Waals surface area (Å²) in [5, 5.41) is 1.08. The number of rotatable bonds is 0. The second-order valence-corrected chi connectivity index (χ2v) is 2.94. The average Bonchev–Trinajstić information content (AvgIpc) is 2.31. The van der Waals surface area contributed by atoms with Crippen LogP contribution in [0.15, 0.2) is 29.2 Å². The lowest BCUT2D eigenvalue weighted by Gasteiger charge is -1.91. The van der Waals surface area contributed by atoms with Gasteiger partial charge in [0, 0.05) is 15.8 Å². The summed E-state index contributed by atoms with van der Waals surface area (Å²) in [4.78, 5) is 3.98. The van der Waals surface area contributed by atoms with Gasteiger partial charge in [0.2, 0.25) is 0 Å². The summed E-state index contributed by atoms with van der Waals surface area (Å²) in [7, 11) is 0. The maximum atomic E-state index is 5.57. The van der Waals surface area contributed by atoms with Crippen molar-refractivity contribution in [2.75, 3.05) is 5.73 Å². The third-order valence-corrected chi connectivity index (χ3v) is 2.05. The molecule has 2 rings (SSSR count). The molecule has 0 atom stereocenters. The first-order valence-electron chi connectivity index (χ1n) is 3.33. The Morgan fingerprint density at radius 2 is 2.18 bits per heavy atom. The molecule has 2 nitrogen and oxygen atoms in total. The molecule has 0 aliphatic heterocycles. The fourth-order valence-corrected chi connectivity index (χ4v) is 1.43. The topological polar surface area (TPSA) is 41.8 Å². The number of nitrogens with one attached hydrogen (secondary N) is 1. The van der Waals surface area contributed by atoms with E-state index >= 15 is 0 Å². The molecule has 0 unspecified atom stereocenters. The highest BCUT2D eigenvalue weighted by atomic mass is 32.1. The first-order chi connectivity index (χ1) is 5.27. The molecule has 0 saturated carbocycles. The van der Waals surface area contributed by atoms with Crippen LogP contribution in [0.2, 0.25) is 0 Å². The zero-order chi connectivity index (χ0) is 7.84. The highest BCUT2D eigenvalue weighted by Crippen LogP contribution is 2.22. The molecule has 3 heteroatoms. The molecule has 0 aliphatic carbocycles. The van der Waals surface area contributed by atoms with Crippen molar-refractivity contribution >= 4 is 29.3 Å². The van der Waals surface area contributed by atoms with Crippen molar-refractivity contribution in [3.05, 3.63) is 24.3 Å². The van der Waals surface area contributed by atoms with E-state index in [-0.39, 0.29) is 0 Å². The number of aromatic nitrogens is 1. The van der Waals surface area contributed by atoms with Crippen LogP contribution in [0, 0.1) is 0 Å². The quantitative estimate of drug-likeness (QED) is 0.512. The number of H-pyrrole nitrogens is 1. The lowest BCUT2D eigenvalue weighted by Crippen LogP contribution is -1.80.